The van der Waals surface area contributed by atoms with E-state index in [1.54, 1.807) is 24.3 Å². The van der Waals surface area contributed by atoms with Crippen LogP contribution in [0.25, 0.3) is 21.9 Å². The summed E-state index contributed by atoms with van der Waals surface area (Å²) in [5.41, 5.74) is 1.29. The molecule has 0 atom stereocenters. The second-order valence-corrected chi connectivity index (χ2v) is 8.16. The summed E-state index contributed by atoms with van der Waals surface area (Å²) in [6, 6.07) is 19.6. The molecule has 0 bridgehead atoms. The van der Waals surface area contributed by atoms with Crippen molar-refractivity contribution in [2.24, 2.45) is 0 Å². The largest absolute Gasteiger partial charge is 0.456 e. The lowest BCUT2D eigenvalue weighted by atomic mass is 10.1. The predicted octanol–water partition coefficient (Wildman–Crippen LogP) is 3.39. The molecule has 0 radical (unpaired) electrons. The molecular weight excluding hydrogens is 392 g/mol. The van der Waals surface area contributed by atoms with Crippen LogP contribution in [0.2, 0.25) is 0 Å². The molecule has 0 aliphatic rings. The molecule has 1 heterocycles. The van der Waals surface area contributed by atoms with Crippen LogP contribution in [-0.2, 0) is 26.2 Å². The summed E-state index contributed by atoms with van der Waals surface area (Å²) >= 11 is 0. The molecule has 0 saturated carbocycles. The van der Waals surface area contributed by atoms with Gasteiger partial charge >= 0.3 is 5.97 Å². The maximum absolute atomic E-state index is 12.4. The third-order valence-electron chi connectivity index (χ3n) is 4.35. The normalized spacial score (nSPS) is 11.7. The van der Waals surface area contributed by atoms with Gasteiger partial charge in [-0.2, -0.15) is 0 Å². The van der Waals surface area contributed by atoms with Gasteiger partial charge in [-0.1, -0.05) is 42.5 Å². The molecule has 0 aliphatic heterocycles. The summed E-state index contributed by atoms with van der Waals surface area (Å²) in [5.74, 6) is -0.259. The number of ether oxygens (including phenoxy) is 1. The first-order chi connectivity index (χ1) is 14.0. The van der Waals surface area contributed by atoms with Crippen LogP contribution in [0, 0.1) is 0 Å². The van der Waals surface area contributed by atoms with Gasteiger partial charge in [0.2, 0.25) is 15.9 Å². The second-order valence-electron chi connectivity index (χ2n) is 6.39. The average Bonchev–Trinajstić information content (AvgIpc) is 3.15. The molecule has 8 heteroatoms. The SMILES string of the molecule is O=C(CCNS(=O)(=O)c1ccc2ccccc2c1)OCc1nc2ccccc2o1. The van der Waals surface area contributed by atoms with Crippen LogP contribution in [-0.4, -0.2) is 25.9 Å². The maximum atomic E-state index is 12.4. The second kappa shape index (κ2) is 8.02. The third-order valence-corrected chi connectivity index (χ3v) is 5.81. The summed E-state index contributed by atoms with van der Waals surface area (Å²) in [7, 11) is -3.72. The minimum absolute atomic E-state index is 0.0679. The highest BCUT2D eigenvalue weighted by atomic mass is 32.2. The first-order valence-corrected chi connectivity index (χ1v) is 10.5. The van der Waals surface area contributed by atoms with Gasteiger partial charge in [0.25, 0.3) is 0 Å². The van der Waals surface area contributed by atoms with E-state index in [-0.39, 0.29) is 30.4 Å². The van der Waals surface area contributed by atoms with Gasteiger partial charge in [-0.25, -0.2) is 18.1 Å². The topological polar surface area (TPSA) is 98.5 Å². The lowest BCUT2D eigenvalue weighted by Crippen LogP contribution is -2.26. The van der Waals surface area contributed by atoms with Crippen molar-refractivity contribution in [3.05, 3.63) is 72.6 Å². The average molecular weight is 410 g/mol. The Balaban J connectivity index is 1.30. The van der Waals surface area contributed by atoms with Gasteiger partial charge in [0, 0.05) is 6.54 Å². The molecule has 7 nitrogen and oxygen atoms in total. The smallest absolute Gasteiger partial charge is 0.307 e. The van der Waals surface area contributed by atoms with E-state index in [1.165, 1.54) is 6.07 Å². The van der Waals surface area contributed by atoms with Crippen molar-refractivity contribution in [2.75, 3.05) is 6.54 Å². The molecule has 0 amide bonds. The van der Waals surface area contributed by atoms with E-state index in [0.29, 0.717) is 11.1 Å². The van der Waals surface area contributed by atoms with Crippen molar-refractivity contribution in [3.63, 3.8) is 0 Å². The van der Waals surface area contributed by atoms with Crippen molar-refractivity contribution < 1.29 is 22.4 Å². The number of sulfonamides is 1. The molecular formula is C21H18N2O5S. The monoisotopic (exact) mass is 410 g/mol. The molecule has 29 heavy (non-hydrogen) atoms. The fourth-order valence-corrected chi connectivity index (χ4v) is 3.97. The highest BCUT2D eigenvalue weighted by molar-refractivity contribution is 7.89. The number of nitrogens with one attached hydrogen (secondary N) is 1. The number of oxazole rings is 1. The summed E-state index contributed by atoms with van der Waals surface area (Å²) in [5, 5.41) is 1.78. The van der Waals surface area contributed by atoms with Gasteiger partial charge in [-0.05, 0) is 35.0 Å². The van der Waals surface area contributed by atoms with Crippen LogP contribution in [0.15, 0.2) is 76.0 Å². The maximum Gasteiger partial charge on any atom is 0.307 e. The molecule has 0 fully saturated rings. The zero-order valence-electron chi connectivity index (χ0n) is 15.4. The number of carbonyl (C=O) groups is 1. The number of hydrogen-bond acceptors (Lipinski definition) is 6. The van der Waals surface area contributed by atoms with Gasteiger partial charge in [0.05, 0.1) is 11.3 Å². The highest BCUT2D eigenvalue weighted by Gasteiger charge is 2.15. The van der Waals surface area contributed by atoms with E-state index in [2.05, 4.69) is 9.71 Å². The molecule has 148 valence electrons. The van der Waals surface area contributed by atoms with E-state index in [4.69, 9.17) is 9.15 Å². The first-order valence-electron chi connectivity index (χ1n) is 9.00. The van der Waals surface area contributed by atoms with Crippen molar-refractivity contribution in [1.82, 2.24) is 9.71 Å². The van der Waals surface area contributed by atoms with Crippen LogP contribution >= 0.6 is 0 Å². The Morgan fingerprint density at radius 3 is 2.59 bits per heavy atom. The molecule has 0 unspecified atom stereocenters. The zero-order valence-corrected chi connectivity index (χ0v) is 16.2. The number of benzene rings is 3. The highest BCUT2D eigenvalue weighted by Crippen LogP contribution is 2.19. The number of para-hydroxylation sites is 2. The van der Waals surface area contributed by atoms with Gasteiger partial charge in [0.15, 0.2) is 12.2 Å². The fraction of sp³-hybridized carbons (Fsp3) is 0.143. The van der Waals surface area contributed by atoms with E-state index in [1.807, 2.05) is 36.4 Å². The first kappa shape index (κ1) is 19.1. The number of fused-ring (bicyclic) bond motifs is 2. The van der Waals surface area contributed by atoms with Crippen LogP contribution in [0.1, 0.15) is 12.3 Å². The summed E-state index contributed by atoms with van der Waals surface area (Å²) in [6.07, 6.45) is -0.104. The molecule has 1 aromatic heterocycles. The molecule has 3 aromatic carbocycles. The van der Waals surface area contributed by atoms with Crippen LogP contribution < -0.4 is 4.72 Å². The van der Waals surface area contributed by atoms with Crippen molar-refractivity contribution in [1.29, 1.82) is 0 Å². The van der Waals surface area contributed by atoms with Crippen molar-refractivity contribution in [2.45, 2.75) is 17.9 Å². The Labute approximate surface area is 167 Å². The van der Waals surface area contributed by atoms with Crippen LogP contribution in [0.3, 0.4) is 0 Å². The fourth-order valence-electron chi connectivity index (χ4n) is 2.90. The number of esters is 1. The third kappa shape index (κ3) is 4.44. The van der Waals surface area contributed by atoms with Gasteiger partial charge in [-0.3, -0.25) is 4.79 Å². The zero-order chi connectivity index (χ0) is 20.3. The van der Waals surface area contributed by atoms with Gasteiger partial charge < -0.3 is 9.15 Å². The Hall–Kier alpha value is -3.23. The number of hydrogen-bond donors (Lipinski definition) is 1. The quantitative estimate of drug-likeness (QED) is 0.469. The Morgan fingerprint density at radius 2 is 1.76 bits per heavy atom. The summed E-state index contributed by atoms with van der Waals surface area (Å²) < 4.78 is 37.9. The number of aromatic nitrogens is 1. The number of nitrogens with zero attached hydrogens (tertiary/aromatic N) is 1. The Morgan fingerprint density at radius 1 is 1.00 bits per heavy atom. The Bertz CT molecular complexity index is 1250. The molecule has 4 aromatic rings. The lowest BCUT2D eigenvalue weighted by molar-refractivity contribution is -0.145. The molecule has 1 N–H and O–H groups in total. The van der Waals surface area contributed by atoms with Gasteiger partial charge in [-0.15, -0.1) is 0 Å². The minimum Gasteiger partial charge on any atom is -0.456 e. The Kier molecular flexibility index (Phi) is 5.28. The van der Waals surface area contributed by atoms with Gasteiger partial charge in [0.1, 0.15) is 5.52 Å². The summed E-state index contributed by atoms with van der Waals surface area (Å²) in [4.78, 5) is 16.3. The number of rotatable bonds is 7. The van der Waals surface area contributed by atoms with E-state index in [0.717, 1.165) is 10.8 Å². The van der Waals surface area contributed by atoms with Crippen LogP contribution in [0.5, 0.6) is 0 Å². The van der Waals surface area contributed by atoms with E-state index in [9.17, 15) is 13.2 Å². The van der Waals surface area contributed by atoms with Crippen molar-refractivity contribution in [3.8, 4) is 0 Å². The van der Waals surface area contributed by atoms with E-state index < -0.39 is 16.0 Å². The predicted molar refractivity (Wildman–Crippen MR) is 108 cm³/mol. The molecule has 0 spiro atoms. The standard InChI is InChI=1S/C21H18N2O5S/c24-21(27-14-20-23-18-7-3-4-8-19(18)28-20)11-12-22-29(25,26)17-10-9-15-5-1-2-6-16(15)13-17/h1-10,13,22H,11-12,14H2. The van der Waals surface area contributed by atoms with Crippen molar-refractivity contribution >= 4 is 37.9 Å². The molecule has 4 rings (SSSR count). The minimum atomic E-state index is -3.72. The lowest BCUT2D eigenvalue weighted by Gasteiger charge is -2.08. The van der Waals surface area contributed by atoms with E-state index >= 15 is 0 Å². The molecule has 0 saturated heterocycles. The summed E-state index contributed by atoms with van der Waals surface area (Å²) in [6.45, 7) is -0.174. The molecule has 0 aliphatic carbocycles. The number of carbonyl (C=O) groups excluding carboxylic acids is 1. The van der Waals surface area contributed by atoms with Crippen LogP contribution in [0.4, 0.5) is 0 Å².